The van der Waals surface area contributed by atoms with Gasteiger partial charge in [0.05, 0.1) is 26.6 Å². The largest absolute Gasteiger partial charge is 0.496 e. The van der Waals surface area contributed by atoms with Crippen molar-refractivity contribution < 1.29 is 9.47 Å². The van der Waals surface area contributed by atoms with E-state index in [1.807, 2.05) is 6.07 Å². The molecule has 2 N–H and O–H groups in total. The van der Waals surface area contributed by atoms with Crippen LogP contribution in [0.3, 0.4) is 0 Å². The molecule has 1 aliphatic heterocycles. The molecule has 0 spiro atoms. The van der Waals surface area contributed by atoms with Gasteiger partial charge in [-0.15, -0.1) is 0 Å². The highest BCUT2D eigenvalue weighted by Crippen LogP contribution is 2.36. The molecule has 1 aromatic rings. The number of hydrogen-bond donors (Lipinski definition) is 1. The molecule has 0 saturated carbocycles. The molecule has 19 heavy (non-hydrogen) atoms. The van der Waals surface area contributed by atoms with Crippen LogP contribution < -0.4 is 20.1 Å². The van der Waals surface area contributed by atoms with Gasteiger partial charge in [-0.25, -0.2) is 0 Å². The Morgan fingerprint density at radius 2 is 1.89 bits per heavy atom. The van der Waals surface area contributed by atoms with Gasteiger partial charge in [-0.1, -0.05) is 0 Å². The molecule has 0 aliphatic carbocycles. The van der Waals surface area contributed by atoms with Crippen LogP contribution in [0, 0.1) is 0 Å². The summed E-state index contributed by atoms with van der Waals surface area (Å²) >= 11 is 0. The lowest BCUT2D eigenvalue weighted by molar-refractivity contribution is 0.396. The maximum absolute atomic E-state index is 5.64. The number of ether oxygens (including phenoxy) is 2. The maximum atomic E-state index is 5.64. The third-order valence-electron chi connectivity index (χ3n) is 3.50. The number of methoxy groups -OCH3 is 2. The van der Waals surface area contributed by atoms with E-state index in [0.29, 0.717) is 6.54 Å². The fraction of sp³-hybridized carbons (Fsp3) is 0.571. The molecule has 0 atom stereocenters. The average Bonchev–Trinajstić information content (AvgIpc) is 2.85. The molecule has 1 aromatic carbocycles. The van der Waals surface area contributed by atoms with Crippen molar-refractivity contribution in [1.82, 2.24) is 4.90 Å². The summed E-state index contributed by atoms with van der Waals surface area (Å²) in [6.45, 7) is 3.59. The van der Waals surface area contributed by atoms with Crippen LogP contribution in [0.25, 0.3) is 0 Å². The summed E-state index contributed by atoms with van der Waals surface area (Å²) in [5.41, 5.74) is 7.82. The third-order valence-corrected chi connectivity index (χ3v) is 3.50. The molecule has 0 bridgehead atoms. The molecule has 2 rings (SSSR count). The van der Waals surface area contributed by atoms with Crippen LogP contribution in [-0.4, -0.2) is 52.5 Å². The summed E-state index contributed by atoms with van der Waals surface area (Å²) in [6.07, 6.45) is 0.791. The van der Waals surface area contributed by atoms with E-state index in [9.17, 15) is 0 Å². The summed E-state index contributed by atoms with van der Waals surface area (Å²) in [7, 11) is 5.52. The first-order valence-electron chi connectivity index (χ1n) is 6.58. The molecule has 0 aromatic heterocycles. The molecule has 1 fully saturated rings. The highest BCUT2D eigenvalue weighted by Gasteiger charge is 2.21. The van der Waals surface area contributed by atoms with Crippen molar-refractivity contribution in [3.63, 3.8) is 0 Å². The van der Waals surface area contributed by atoms with Gasteiger partial charge in [0.15, 0.2) is 0 Å². The number of nitrogens with zero attached hydrogens (tertiary/aromatic N) is 2. The number of anilines is 1. The molecule has 0 radical (unpaired) electrons. The zero-order valence-corrected chi connectivity index (χ0v) is 12.0. The van der Waals surface area contributed by atoms with Gasteiger partial charge in [0.1, 0.15) is 11.5 Å². The first-order chi connectivity index (χ1) is 9.19. The van der Waals surface area contributed by atoms with E-state index < -0.39 is 0 Å². The summed E-state index contributed by atoms with van der Waals surface area (Å²) in [6, 6.07) is 4.10. The zero-order valence-electron chi connectivity index (χ0n) is 12.0. The fourth-order valence-corrected chi connectivity index (χ4v) is 2.46. The van der Waals surface area contributed by atoms with Crippen molar-refractivity contribution in [2.45, 2.75) is 6.42 Å². The van der Waals surface area contributed by atoms with E-state index in [4.69, 9.17) is 15.2 Å². The van der Waals surface area contributed by atoms with Crippen LogP contribution in [-0.2, 0) is 6.42 Å². The molecular formula is C14H23N3O2. The van der Waals surface area contributed by atoms with Gasteiger partial charge in [-0.3, -0.25) is 4.90 Å². The first kappa shape index (κ1) is 14.0. The van der Waals surface area contributed by atoms with Gasteiger partial charge >= 0.3 is 0 Å². The molecule has 1 heterocycles. The number of hydrogen-bond acceptors (Lipinski definition) is 5. The van der Waals surface area contributed by atoms with Gasteiger partial charge in [0.2, 0.25) is 0 Å². The van der Waals surface area contributed by atoms with E-state index in [1.54, 1.807) is 14.2 Å². The predicted octanol–water partition coefficient (Wildman–Crippen LogP) is 0.914. The Bertz CT molecular complexity index is 437. The van der Waals surface area contributed by atoms with E-state index in [0.717, 1.165) is 48.9 Å². The summed E-state index contributed by atoms with van der Waals surface area (Å²) < 4.78 is 11.0. The normalized spacial score (nSPS) is 15.9. The monoisotopic (exact) mass is 265 g/mol. The van der Waals surface area contributed by atoms with E-state index in [2.05, 4.69) is 22.9 Å². The number of likely N-dealkylation sites (N-methyl/N-ethyl adjacent to an activating group) is 1. The topological polar surface area (TPSA) is 51.0 Å². The van der Waals surface area contributed by atoms with E-state index in [1.165, 1.54) is 0 Å². The Morgan fingerprint density at radius 1 is 1.16 bits per heavy atom. The van der Waals surface area contributed by atoms with E-state index in [-0.39, 0.29) is 0 Å². The number of rotatable bonds is 5. The van der Waals surface area contributed by atoms with Crippen LogP contribution in [0.2, 0.25) is 0 Å². The second-order valence-corrected chi connectivity index (χ2v) is 4.86. The van der Waals surface area contributed by atoms with Gasteiger partial charge in [0, 0.05) is 19.2 Å². The molecule has 0 amide bonds. The molecule has 1 aliphatic rings. The van der Waals surface area contributed by atoms with Gasteiger partial charge in [-0.05, 0) is 31.6 Å². The van der Waals surface area contributed by atoms with Gasteiger partial charge in [0.25, 0.3) is 0 Å². The Morgan fingerprint density at radius 3 is 2.42 bits per heavy atom. The maximum Gasteiger partial charge on any atom is 0.142 e. The van der Waals surface area contributed by atoms with Crippen molar-refractivity contribution in [3.8, 4) is 11.5 Å². The SMILES string of the molecule is COc1cc(N2CCN(C)C2)c(OC)cc1CCN. The lowest BCUT2D eigenvalue weighted by atomic mass is 10.1. The standard InChI is InChI=1S/C14H23N3O2/c1-16-6-7-17(10-16)12-9-13(18-2)11(4-5-15)8-14(12)19-3/h8-9H,4-7,10,15H2,1-3H3. The smallest absolute Gasteiger partial charge is 0.142 e. The molecular weight excluding hydrogens is 242 g/mol. The van der Waals surface area contributed by atoms with Crippen LogP contribution in [0.5, 0.6) is 11.5 Å². The lowest BCUT2D eigenvalue weighted by Crippen LogP contribution is -2.23. The Kier molecular flexibility index (Phi) is 4.50. The minimum atomic E-state index is 0.602. The third kappa shape index (κ3) is 2.93. The first-order valence-corrected chi connectivity index (χ1v) is 6.58. The van der Waals surface area contributed by atoms with Crippen molar-refractivity contribution in [2.75, 3.05) is 52.5 Å². The summed E-state index contributed by atoms with van der Waals surface area (Å²) in [5, 5.41) is 0. The fourth-order valence-electron chi connectivity index (χ4n) is 2.46. The van der Waals surface area contributed by atoms with Gasteiger partial charge in [-0.2, -0.15) is 0 Å². The lowest BCUT2D eigenvalue weighted by Gasteiger charge is -2.23. The van der Waals surface area contributed by atoms with Crippen molar-refractivity contribution in [2.24, 2.45) is 5.73 Å². The Labute approximate surface area is 114 Å². The molecule has 5 heteroatoms. The van der Waals surface area contributed by atoms with E-state index >= 15 is 0 Å². The number of nitrogens with two attached hydrogens (primary N) is 1. The Hall–Kier alpha value is -1.46. The van der Waals surface area contributed by atoms with Gasteiger partial charge < -0.3 is 20.1 Å². The summed E-state index contributed by atoms with van der Waals surface area (Å²) in [4.78, 5) is 4.58. The molecule has 1 saturated heterocycles. The van der Waals surface area contributed by atoms with Crippen molar-refractivity contribution >= 4 is 5.69 Å². The minimum Gasteiger partial charge on any atom is -0.496 e. The zero-order chi connectivity index (χ0) is 13.8. The van der Waals surface area contributed by atoms with Crippen LogP contribution in [0.1, 0.15) is 5.56 Å². The van der Waals surface area contributed by atoms with Crippen molar-refractivity contribution in [1.29, 1.82) is 0 Å². The van der Waals surface area contributed by atoms with Crippen LogP contribution in [0.15, 0.2) is 12.1 Å². The minimum absolute atomic E-state index is 0.602. The van der Waals surface area contributed by atoms with Crippen molar-refractivity contribution in [3.05, 3.63) is 17.7 Å². The van der Waals surface area contributed by atoms with Crippen LogP contribution >= 0.6 is 0 Å². The highest BCUT2D eigenvalue weighted by molar-refractivity contribution is 5.64. The molecule has 5 nitrogen and oxygen atoms in total. The summed E-state index contributed by atoms with van der Waals surface area (Å²) in [5.74, 6) is 1.77. The molecule has 0 unspecified atom stereocenters. The average molecular weight is 265 g/mol. The highest BCUT2D eigenvalue weighted by atomic mass is 16.5. The van der Waals surface area contributed by atoms with Crippen LogP contribution in [0.4, 0.5) is 5.69 Å². The number of benzene rings is 1. The predicted molar refractivity (Wildman–Crippen MR) is 77.1 cm³/mol. The second-order valence-electron chi connectivity index (χ2n) is 4.86. The Balaban J connectivity index is 2.36. The quantitative estimate of drug-likeness (QED) is 0.858. The second kappa shape index (κ2) is 6.12. The molecule has 106 valence electrons.